The molecule has 0 atom stereocenters. The third kappa shape index (κ3) is 4.64. The highest BCUT2D eigenvalue weighted by Crippen LogP contribution is 2.31. The van der Waals surface area contributed by atoms with Crippen molar-refractivity contribution in [3.63, 3.8) is 0 Å². The van der Waals surface area contributed by atoms with Crippen molar-refractivity contribution >= 4 is 16.9 Å². The predicted octanol–water partition coefficient (Wildman–Crippen LogP) is 4.74. The molecule has 7 heteroatoms. The molecule has 3 heterocycles. The van der Waals surface area contributed by atoms with Crippen LogP contribution in [-0.4, -0.2) is 50.9 Å². The average molecular weight is 456 g/mol. The lowest BCUT2D eigenvalue weighted by atomic mass is 10.0. The monoisotopic (exact) mass is 455 g/mol. The smallest absolute Gasteiger partial charge is 0.273 e. The van der Waals surface area contributed by atoms with E-state index in [2.05, 4.69) is 40.9 Å². The van der Waals surface area contributed by atoms with Gasteiger partial charge in [0, 0.05) is 49.1 Å². The van der Waals surface area contributed by atoms with Gasteiger partial charge in [-0.25, -0.2) is 9.97 Å². The molecule has 1 amide bonds. The lowest BCUT2D eigenvalue weighted by molar-refractivity contribution is 0.0744. The van der Waals surface area contributed by atoms with Gasteiger partial charge in [0.15, 0.2) is 0 Å². The number of amides is 1. The van der Waals surface area contributed by atoms with Gasteiger partial charge in [-0.2, -0.15) is 0 Å². The van der Waals surface area contributed by atoms with Gasteiger partial charge < -0.3 is 14.6 Å². The number of benzene rings is 1. The minimum Gasteiger partial charge on any atom is -0.481 e. The molecule has 1 aromatic carbocycles. The number of methoxy groups -OCH3 is 1. The molecule has 4 aromatic rings. The number of ether oxygens (including phenoxy) is 1. The molecule has 1 aliphatic carbocycles. The fourth-order valence-electron chi connectivity index (χ4n) is 4.19. The second kappa shape index (κ2) is 9.25. The third-order valence-electron chi connectivity index (χ3n) is 6.49. The van der Waals surface area contributed by atoms with Crippen LogP contribution in [0, 0.1) is 19.8 Å². The summed E-state index contributed by atoms with van der Waals surface area (Å²) in [6.07, 6.45) is 6.40. The third-order valence-corrected chi connectivity index (χ3v) is 6.49. The SMILES string of the molecule is COc1ccc(-c2cccnc2C(=O)N(CCc2nc3cc(C)c(C)cc3[nH]2)CC2CC2)cn1. The molecule has 0 aliphatic heterocycles. The van der Waals surface area contributed by atoms with Crippen LogP contribution >= 0.6 is 0 Å². The van der Waals surface area contributed by atoms with E-state index >= 15 is 0 Å². The van der Waals surface area contributed by atoms with Crippen LogP contribution < -0.4 is 4.74 Å². The summed E-state index contributed by atoms with van der Waals surface area (Å²) in [4.78, 5) is 32.6. The molecule has 1 N–H and O–H groups in total. The van der Waals surface area contributed by atoms with E-state index < -0.39 is 0 Å². The molecule has 0 saturated heterocycles. The van der Waals surface area contributed by atoms with E-state index in [1.807, 2.05) is 23.1 Å². The van der Waals surface area contributed by atoms with Crippen molar-refractivity contribution in [2.24, 2.45) is 5.92 Å². The number of aryl methyl sites for hydroxylation is 2. The molecule has 0 unspecified atom stereocenters. The number of nitrogens with one attached hydrogen (secondary N) is 1. The first-order valence-electron chi connectivity index (χ1n) is 11.7. The number of pyridine rings is 2. The Morgan fingerprint density at radius 2 is 1.97 bits per heavy atom. The van der Waals surface area contributed by atoms with E-state index in [1.165, 1.54) is 24.0 Å². The first kappa shape index (κ1) is 22.1. The Kier molecular flexibility index (Phi) is 6.01. The van der Waals surface area contributed by atoms with E-state index in [0.717, 1.165) is 34.5 Å². The largest absolute Gasteiger partial charge is 0.481 e. The van der Waals surface area contributed by atoms with Gasteiger partial charge >= 0.3 is 0 Å². The van der Waals surface area contributed by atoms with Crippen LogP contribution in [0.25, 0.3) is 22.2 Å². The molecule has 0 radical (unpaired) electrons. The van der Waals surface area contributed by atoms with Crippen LogP contribution in [0.4, 0.5) is 0 Å². The van der Waals surface area contributed by atoms with Crippen molar-refractivity contribution in [1.82, 2.24) is 24.8 Å². The molecule has 34 heavy (non-hydrogen) atoms. The summed E-state index contributed by atoms with van der Waals surface area (Å²) in [5.41, 5.74) is 6.54. The molecule has 1 fully saturated rings. The zero-order valence-corrected chi connectivity index (χ0v) is 19.8. The molecule has 0 spiro atoms. The van der Waals surface area contributed by atoms with Crippen LogP contribution in [0.3, 0.4) is 0 Å². The van der Waals surface area contributed by atoms with Gasteiger partial charge in [-0.1, -0.05) is 6.07 Å². The molecule has 174 valence electrons. The number of nitrogens with zero attached hydrogens (tertiary/aromatic N) is 4. The number of aromatic nitrogens is 4. The molecular weight excluding hydrogens is 426 g/mol. The van der Waals surface area contributed by atoms with Gasteiger partial charge in [0.1, 0.15) is 11.5 Å². The second-order valence-electron chi connectivity index (χ2n) is 9.07. The fourth-order valence-corrected chi connectivity index (χ4v) is 4.19. The molecule has 1 aliphatic rings. The lowest BCUT2D eigenvalue weighted by Crippen LogP contribution is -2.35. The fraction of sp³-hybridized carbons (Fsp3) is 0.333. The van der Waals surface area contributed by atoms with E-state index in [-0.39, 0.29) is 5.91 Å². The van der Waals surface area contributed by atoms with Crippen molar-refractivity contribution in [1.29, 1.82) is 0 Å². The van der Waals surface area contributed by atoms with Crippen molar-refractivity contribution in [2.45, 2.75) is 33.1 Å². The maximum absolute atomic E-state index is 13.7. The summed E-state index contributed by atoms with van der Waals surface area (Å²) in [6.45, 7) is 5.54. The minimum absolute atomic E-state index is 0.0545. The lowest BCUT2D eigenvalue weighted by Gasteiger charge is -2.23. The van der Waals surface area contributed by atoms with Crippen molar-refractivity contribution in [3.05, 3.63) is 71.4 Å². The summed E-state index contributed by atoms with van der Waals surface area (Å²) >= 11 is 0. The van der Waals surface area contributed by atoms with E-state index in [9.17, 15) is 4.79 Å². The van der Waals surface area contributed by atoms with Crippen LogP contribution in [0.1, 0.15) is 40.3 Å². The standard InChI is InChI=1S/C27H29N5O2/c1-17-13-22-23(14-18(17)2)31-24(30-22)10-12-32(16-19-6-7-19)27(33)26-21(5-4-11-28-26)20-8-9-25(34-3)29-15-20/h4-5,8-9,11,13-15,19H,6-7,10,12,16H2,1-3H3,(H,30,31). The van der Waals surface area contributed by atoms with Gasteiger partial charge in [0.25, 0.3) is 5.91 Å². The Balaban J connectivity index is 1.39. The van der Waals surface area contributed by atoms with Gasteiger partial charge in [-0.05, 0) is 68.0 Å². The summed E-state index contributed by atoms with van der Waals surface area (Å²) in [7, 11) is 1.58. The Morgan fingerprint density at radius 3 is 2.71 bits per heavy atom. The van der Waals surface area contributed by atoms with E-state index in [4.69, 9.17) is 9.72 Å². The molecule has 7 nitrogen and oxygen atoms in total. The highest BCUT2D eigenvalue weighted by atomic mass is 16.5. The van der Waals surface area contributed by atoms with Crippen LogP contribution in [0.15, 0.2) is 48.8 Å². The van der Waals surface area contributed by atoms with E-state index in [1.54, 1.807) is 25.6 Å². The maximum atomic E-state index is 13.7. The van der Waals surface area contributed by atoms with Crippen molar-refractivity contribution in [2.75, 3.05) is 20.2 Å². The zero-order chi connectivity index (χ0) is 23.7. The normalized spacial score (nSPS) is 13.3. The number of H-pyrrole nitrogens is 1. The van der Waals surface area contributed by atoms with Crippen molar-refractivity contribution < 1.29 is 9.53 Å². The van der Waals surface area contributed by atoms with Gasteiger partial charge in [-0.3, -0.25) is 9.78 Å². The zero-order valence-electron chi connectivity index (χ0n) is 19.8. The Hall–Kier alpha value is -3.74. The summed E-state index contributed by atoms with van der Waals surface area (Å²) in [5, 5.41) is 0. The number of imidazole rings is 1. The van der Waals surface area contributed by atoms with E-state index in [0.29, 0.717) is 30.5 Å². The highest BCUT2D eigenvalue weighted by molar-refractivity contribution is 5.99. The Bertz CT molecular complexity index is 1290. The number of carbonyl (C=O) groups excluding carboxylic acids is 1. The number of aromatic amines is 1. The molecule has 1 saturated carbocycles. The number of fused-ring (bicyclic) bond motifs is 1. The van der Waals surface area contributed by atoms with Crippen molar-refractivity contribution in [3.8, 4) is 17.0 Å². The van der Waals surface area contributed by atoms with Gasteiger partial charge in [0.2, 0.25) is 5.88 Å². The van der Waals surface area contributed by atoms with Crippen LogP contribution in [-0.2, 0) is 6.42 Å². The first-order valence-corrected chi connectivity index (χ1v) is 11.7. The Labute approximate surface area is 199 Å². The van der Waals surface area contributed by atoms with Gasteiger partial charge in [0.05, 0.1) is 18.1 Å². The molecular formula is C27H29N5O2. The molecule has 3 aromatic heterocycles. The number of rotatable bonds is 8. The topological polar surface area (TPSA) is 84.0 Å². The average Bonchev–Trinajstić information content (AvgIpc) is 3.60. The summed E-state index contributed by atoms with van der Waals surface area (Å²) in [6, 6.07) is 11.7. The molecule has 0 bridgehead atoms. The van der Waals surface area contributed by atoms with Crippen LogP contribution in [0.2, 0.25) is 0 Å². The number of hydrogen-bond donors (Lipinski definition) is 1. The van der Waals surface area contributed by atoms with Gasteiger partial charge in [-0.15, -0.1) is 0 Å². The number of carbonyl (C=O) groups is 1. The number of hydrogen-bond acceptors (Lipinski definition) is 5. The van der Waals surface area contributed by atoms with Crippen LogP contribution in [0.5, 0.6) is 5.88 Å². The first-order chi connectivity index (χ1) is 16.5. The quantitative estimate of drug-likeness (QED) is 0.415. The summed E-state index contributed by atoms with van der Waals surface area (Å²) in [5.74, 6) is 1.95. The second-order valence-corrected chi connectivity index (χ2v) is 9.07. The summed E-state index contributed by atoms with van der Waals surface area (Å²) < 4.78 is 5.17. The Morgan fingerprint density at radius 1 is 1.15 bits per heavy atom. The molecule has 5 rings (SSSR count). The highest BCUT2D eigenvalue weighted by Gasteiger charge is 2.29. The minimum atomic E-state index is -0.0545. The predicted molar refractivity (Wildman–Crippen MR) is 132 cm³/mol. The maximum Gasteiger partial charge on any atom is 0.273 e.